The molecule has 1 amide bonds. The number of anilines is 2. The Hall–Kier alpha value is -3.03. The molecule has 1 heterocycles. The molecule has 2 aromatic rings. The Balaban J connectivity index is 2.21. The summed E-state index contributed by atoms with van der Waals surface area (Å²) in [7, 11) is 1.65. The maximum Gasteiger partial charge on any atom is 0.274 e. The summed E-state index contributed by atoms with van der Waals surface area (Å²) in [4.78, 5) is 25.8. The molecular weight excluding hydrogens is 279 g/mol. The van der Waals surface area contributed by atoms with Gasteiger partial charge < -0.3 is 10.6 Å². The van der Waals surface area contributed by atoms with E-state index in [1.807, 2.05) is 0 Å². The average Bonchev–Trinajstić information content (AvgIpc) is 2.49. The number of hydrogen-bond donors (Lipinski definition) is 2. The summed E-state index contributed by atoms with van der Waals surface area (Å²) in [6.45, 7) is 0. The van der Waals surface area contributed by atoms with Gasteiger partial charge in [-0.25, -0.2) is 9.37 Å². The summed E-state index contributed by atoms with van der Waals surface area (Å²) < 4.78 is 13.7. The van der Waals surface area contributed by atoms with Crippen LogP contribution in [0.1, 0.15) is 10.5 Å². The minimum absolute atomic E-state index is 0.0969. The third kappa shape index (κ3) is 3.30. The molecule has 2 rings (SSSR count). The summed E-state index contributed by atoms with van der Waals surface area (Å²) in [5, 5.41) is 15.6. The Morgan fingerprint density at radius 1 is 1.33 bits per heavy atom. The van der Waals surface area contributed by atoms with Crippen LogP contribution in [0, 0.1) is 15.9 Å². The van der Waals surface area contributed by atoms with Crippen LogP contribution in [-0.2, 0) is 0 Å². The molecule has 0 fully saturated rings. The van der Waals surface area contributed by atoms with Crippen molar-refractivity contribution in [3.8, 4) is 0 Å². The van der Waals surface area contributed by atoms with Crippen LogP contribution in [0.2, 0.25) is 0 Å². The van der Waals surface area contributed by atoms with E-state index in [0.29, 0.717) is 5.82 Å². The predicted molar refractivity (Wildman–Crippen MR) is 74.8 cm³/mol. The molecule has 8 heteroatoms. The number of rotatable bonds is 4. The number of benzene rings is 1. The van der Waals surface area contributed by atoms with Crippen molar-refractivity contribution in [1.82, 2.24) is 4.98 Å². The van der Waals surface area contributed by atoms with Gasteiger partial charge in [-0.05, 0) is 18.2 Å². The summed E-state index contributed by atoms with van der Waals surface area (Å²) in [6, 6.07) is 7.75. The summed E-state index contributed by atoms with van der Waals surface area (Å²) >= 11 is 0. The van der Waals surface area contributed by atoms with Crippen molar-refractivity contribution in [1.29, 1.82) is 0 Å². The first kappa shape index (κ1) is 14.4. The third-order valence-electron chi connectivity index (χ3n) is 2.65. The van der Waals surface area contributed by atoms with Gasteiger partial charge in [-0.1, -0.05) is 6.07 Å². The number of carbonyl (C=O) groups excluding carboxylic acids is 1. The quantitative estimate of drug-likeness (QED) is 0.665. The van der Waals surface area contributed by atoms with Crippen molar-refractivity contribution in [3.05, 3.63) is 58.0 Å². The van der Waals surface area contributed by atoms with Gasteiger partial charge >= 0.3 is 0 Å². The van der Waals surface area contributed by atoms with Crippen molar-refractivity contribution < 1.29 is 14.1 Å². The van der Waals surface area contributed by atoms with Crippen LogP contribution in [0.5, 0.6) is 0 Å². The molecule has 7 nitrogen and oxygen atoms in total. The van der Waals surface area contributed by atoms with Crippen LogP contribution in [0.4, 0.5) is 21.6 Å². The van der Waals surface area contributed by atoms with E-state index in [1.165, 1.54) is 6.07 Å². The Bertz CT molecular complexity index is 706. The van der Waals surface area contributed by atoms with E-state index in [2.05, 4.69) is 15.6 Å². The Morgan fingerprint density at radius 2 is 2.10 bits per heavy atom. The molecule has 0 bridgehead atoms. The molecule has 2 N–H and O–H groups in total. The fourth-order valence-corrected chi connectivity index (χ4v) is 1.61. The van der Waals surface area contributed by atoms with Crippen molar-refractivity contribution in [2.24, 2.45) is 0 Å². The van der Waals surface area contributed by atoms with Gasteiger partial charge in [-0.2, -0.15) is 0 Å². The lowest BCUT2D eigenvalue weighted by molar-refractivity contribution is -0.385. The first-order chi connectivity index (χ1) is 10.0. The van der Waals surface area contributed by atoms with Crippen molar-refractivity contribution in [3.63, 3.8) is 0 Å². The highest BCUT2D eigenvalue weighted by molar-refractivity contribution is 6.03. The molecule has 1 aromatic heterocycles. The van der Waals surface area contributed by atoms with Gasteiger partial charge in [0.1, 0.15) is 11.5 Å². The monoisotopic (exact) mass is 290 g/mol. The number of non-ortho nitro benzene ring substituents is 1. The highest BCUT2D eigenvalue weighted by atomic mass is 19.1. The lowest BCUT2D eigenvalue weighted by atomic mass is 10.2. The van der Waals surface area contributed by atoms with Gasteiger partial charge in [0.05, 0.1) is 16.7 Å². The minimum Gasteiger partial charge on any atom is -0.373 e. The van der Waals surface area contributed by atoms with Gasteiger partial charge in [0.15, 0.2) is 5.82 Å². The van der Waals surface area contributed by atoms with Crippen LogP contribution in [0.25, 0.3) is 0 Å². The normalized spacial score (nSPS) is 10.0. The highest BCUT2D eigenvalue weighted by Gasteiger charge is 2.14. The molecule has 0 radical (unpaired) electrons. The number of nitro groups is 1. The topological polar surface area (TPSA) is 97.2 Å². The molecular formula is C13H11FN4O3. The summed E-state index contributed by atoms with van der Waals surface area (Å²) in [5.41, 5.74) is -0.442. The number of nitro benzene ring substituents is 1. The van der Waals surface area contributed by atoms with Crippen molar-refractivity contribution >= 4 is 23.1 Å². The number of amides is 1. The SMILES string of the molecule is CNc1cccc(C(=O)Nc2ccc([N+](=O)[O-])cc2F)n1. The van der Waals surface area contributed by atoms with Gasteiger partial charge in [0.2, 0.25) is 0 Å². The van der Waals surface area contributed by atoms with Crippen LogP contribution >= 0.6 is 0 Å². The van der Waals surface area contributed by atoms with Gasteiger partial charge in [-0.3, -0.25) is 14.9 Å². The average molecular weight is 290 g/mol. The zero-order chi connectivity index (χ0) is 15.4. The summed E-state index contributed by atoms with van der Waals surface area (Å²) in [5.74, 6) is -1.01. The van der Waals surface area contributed by atoms with Gasteiger partial charge in [-0.15, -0.1) is 0 Å². The Morgan fingerprint density at radius 3 is 2.71 bits per heavy atom. The maximum atomic E-state index is 13.7. The molecule has 0 saturated heterocycles. The lowest BCUT2D eigenvalue weighted by Crippen LogP contribution is -2.15. The standard InChI is InChI=1S/C13H11FN4O3/c1-15-12-4-2-3-11(16-12)13(19)17-10-6-5-8(18(20)21)7-9(10)14/h2-7H,1H3,(H,15,16)(H,17,19). The largest absolute Gasteiger partial charge is 0.373 e. The number of hydrogen-bond acceptors (Lipinski definition) is 5. The second-order valence-corrected chi connectivity index (χ2v) is 4.03. The minimum atomic E-state index is -0.887. The van der Waals surface area contributed by atoms with Crippen LogP contribution in [-0.4, -0.2) is 22.9 Å². The number of nitrogens with zero attached hydrogens (tertiary/aromatic N) is 2. The van der Waals surface area contributed by atoms with E-state index in [1.54, 1.807) is 19.2 Å². The number of aromatic nitrogens is 1. The van der Waals surface area contributed by atoms with E-state index in [-0.39, 0.29) is 17.1 Å². The van der Waals surface area contributed by atoms with Crippen LogP contribution in [0.3, 0.4) is 0 Å². The predicted octanol–water partition coefficient (Wildman–Crippen LogP) is 2.42. The number of halogens is 1. The van der Waals surface area contributed by atoms with Gasteiger partial charge in [0, 0.05) is 13.1 Å². The molecule has 0 aliphatic carbocycles. The molecule has 108 valence electrons. The van der Waals surface area contributed by atoms with E-state index in [4.69, 9.17) is 0 Å². The van der Waals surface area contributed by atoms with E-state index < -0.39 is 16.6 Å². The highest BCUT2D eigenvalue weighted by Crippen LogP contribution is 2.21. The molecule has 0 aliphatic heterocycles. The third-order valence-corrected chi connectivity index (χ3v) is 2.65. The zero-order valence-electron chi connectivity index (χ0n) is 11.0. The van der Waals surface area contributed by atoms with E-state index in [0.717, 1.165) is 18.2 Å². The summed E-state index contributed by atoms with van der Waals surface area (Å²) in [6.07, 6.45) is 0. The first-order valence-electron chi connectivity index (χ1n) is 5.91. The molecule has 21 heavy (non-hydrogen) atoms. The maximum absolute atomic E-state index is 13.7. The molecule has 1 aromatic carbocycles. The fraction of sp³-hybridized carbons (Fsp3) is 0.0769. The molecule has 0 aliphatic rings. The Labute approximate surface area is 119 Å². The van der Waals surface area contributed by atoms with Gasteiger partial charge in [0.25, 0.3) is 11.6 Å². The van der Waals surface area contributed by atoms with E-state index >= 15 is 0 Å². The molecule has 0 atom stereocenters. The van der Waals surface area contributed by atoms with Crippen LogP contribution < -0.4 is 10.6 Å². The molecule has 0 spiro atoms. The smallest absolute Gasteiger partial charge is 0.274 e. The lowest BCUT2D eigenvalue weighted by Gasteiger charge is -2.07. The van der Waals surface area contributed by atoms with Crippen molar-refractivity contribution in [2.45, 2.75) is 0 Å². The zero-order valence-corrected chi connectivity index (χ0v) is 11.0. The molecule has 0 saturated carbocycles. The van der Waals surface area contributed by atoms with Crippen LogP contribution in [0.15, 0.2) is 36.4 Å². The molecule has 0 unspecified atom stereocenters. The van der Waals surface area contributed by atoms with Crippen molar-refractivity contribution in [2.75, 3.05) is 17.7 Å². The number of pyridine rings is 1. The Kier molecular flexibility index (Phi) is 4.07. The fourth-order valence-electron chi connectivity index (χ4n) is 1.61. The second kappa shape index (κ2) is 5.95. The van der Waals surface area contributed by atoms with E-state index in [9.17, 15) is 19.3 Å². The number of carbonyl (C=O) groups is 1. The second-order valence-electron chi connectivity index (χ2n) is 4.03. The number of nitrogens with one attached hydrogen (secondary N) is 2. The first-order valence-corrected chi connectivity index (χ1v) is 5.91.